The predicted octanol–water partition coefficient (Wildman–Crippen LogP) is 3.54. The van der Waals surface area contributed by atoms with Crippen molar-refractivity contribution in [1.29, 1.82) is 5.26 Å². The van der Waals surface area contributed by atoms with E-state index in [9.17, 15) is 9.90 Å². The van der Waals surface area contributed by atoms with Crippen LogP contribution in [-0.2, 0) is 4.74 Å². The summed E-state index contributed by atoms with van der Waals surface area (Å²) in [4.78, 5) is 16.7. The lowest BCUT2D eigenvalue weighted by Gasteiger charge is -2.00. The summed E-state index contributed by atoms with van der Waals surface area (Å²) >= 11 is 2.75. The van der Waals surface area contributed by atoms with Gasteiger partial charge in [0, 0.05) is 28.5 Å². The molecule has 0 aliphatic carbocycles. The number of aromatic amines is 1. The Morgan fingerprint density at radius 1 is 1.52 bits per heavy atom. The van der Waals surface area contributed by atoms with E-state index >= 15 is 0 Å². The number of pyridine rings is 1. The molecular formula is C18H12N2O3S2. The van der Waals surface area contributed by atoms with E-state index < -0.39 is 5.56 Å². The molecule has 25 heavy (non-hydrogen) atoms. The first-order valence-electron chi connectivity index (χ1n) is 7.11. The highest BCUT2D eigenvalue weighted by atomic mass is 32.1. The summed E-state index contributed by atoms with van der Waals surface area (Å²) < 4.78 is 4.94. The number of H-pyrrole nitrogens is 1. The quantitative estimate of drug-likeness (QED) is 0.693. The van der Waals surface area contributed by atoms with Crippen LogP contribution in [0.5, 0.6) is 5.75 Å². The molecular weight excluding hydrogens is 356 g/mol. The molecule has 0 fully saturated rings. The molecule has 0 aliphatic rings. The van der Waals surface area contributed by atoms with Gasteiger partial charge in [-0.05, 0) is 6.07 Å². The Kier molecular flexibility index (Phi) is 4.73. The molecule has 124 valence electrons. The van der Waals surface area contributed by atoms with E-state index in [1.807, 2.05) is 11.4 Å². The van der Waals surface area contributed by atoms with E-state index in [-0.39, 0.29) is 11.3 Å². The van der Waals surface area contributed by atoms with Gasteiger partial charge in [0.1, 0.15) is 23.3 Å². The summed E-state index contributed by atoms with van der Waals surface area (Å²) in [5.41, 5.74) is 0.753. The maximum Gasteiger partial charge on any atom is 0.270 e. The van der Waals surface area contributed by atoms with Crippen LogP contribution in [0.15, 0.2) is 22.8 Å². The van der Waals surface area contributed by atoms with Gasteiger partial charge in [0.05, 0.1) is 10.3 Å². The van der Waals surface area contributed by atoms with Crippen LogP contribution < -0.4 is 5.56 Å². The first-order valence-corrected chi connectivity index (χ1v) is 8.81. The zero-order chi connectivity index (χ0) is 18.0. The highest BCUT2D eigenvalue weighted by Crippen LogP contribution is 2.42. The zero-order valence-electron chi connectivity index (χ0n) is 13.2. The molecule has 0 radical (unpaired) electrons. The summed E-state index contributed by atoms with van der Waals surface area (Å²) in [5, 5.41) is 21.8. The van der Waals surface area contributed by atoms with E-state index in [1.165, 1.54) is 22.7 Å². The maximum atomic E-state index is 11.8. The van der Waals surface area contributed by atoms with Crippen molar-refractivity contribution in [3.63, 3.8) is 0 Å². The number of ether oxygens (including phenoxy) is 1. The molecule has 0 bridgehead atoms. The van der Waals surface area contributed by atoms with Crippen molar-refractivity contribution in [3.8, 4) is 34.1 Å². The first kappa shape index (κ1) is 17.0. The van der Waals surface area contributed by atoms with Crippen molar-refractivity contribution in [2.45, 2.75) is 0 Å². The fourth-order valence-electron chi connectivity index (χ4n) is 2.34. The molecule has 7 heteroatoms. The lowest BCUT2D eigenvalue weighted by Crippen LogP contribution is -2.09. The van der Waals surface area contributed by atoms with E-state index in [4.69, 9.17) is 10.00 Å². The molecule has 0 saturated heterocycles. The monoisotopic (exact) mass is 368 g/mol. The molecule has 5 nitrogen and oxygen atoms in total. The number of fused-ring (bicyclic) bond motifs is 1. The molecule has 3 aromatic rings. The number of aromatic nitrogens is 1. The first-order chi connectivity index (χ1) is 12.1. The Morgan fingerprint density at radius 2 is 2.32 bits per heavy atom. The van der Waals surface area contributed by atoms with Crippen LogP contribution in [-0.4, -0.2) is 23.8 Å². The van der Waals surface area contributed by atoms with Gasteiger partial charge in [-0.3, -0.25) is 4.79 Å². The molecule has 3 rings (SSSR count). The Morgan fingerprint density at radius 3 is 3.00 bits per heavy atom. The summed E-state index contributed by atoms with van der Waals surface area (Å²) in [6.07, 6.45) is 1.72. The molecule has 0 unspecified atom stereocenters. The SMILES string of the molecule is C=Cc1cc(-c2csc3[nH]c(=O)c(C#N)c(O)c23)sc1C#CCOC. The number of hydrogen-bond donors (Lipinski definition) is 2. The molecule has 0 amide bonds. The van der Waals surface area contributed by atoms with Gasteiger partial charge in [0.25, 0.3) is 5.56 Å². The number of hydrogen-bond acceptors (Lipinski definition) is 6. The minimum absolute atomic E-state index is 0.284. The fraction of sp³-hybridized carbons (Fsp3) is 0.111. The summed E-state index contributed by atoms with van der Waals surface area (Å²) in [6, 6.07) is 3.67. The molecule has 0 spiro atoms. The minimum Gasteiger partial charge on any atom is -0.506 e. The van der Waals surface area contributed by atoms with Crippen LogP contribution in [0.25, 0.3) is 26.7 Å². The predicted molar refractivity (Wildman–Crippen MR) is 101 cm³/mol. The highest BCUT2D eigenvalue weighted by molar-refractivity contribution is 7.19. The third-order valence-electron chi connectivity index (χ3n) is 3.50. The largest absolute Gasteiger partial charge is 0.506 e. The van der Waals surface area contributed by atoms with Gasteiger partial charge >= 0.3 is 0 Å². The summed E-state index contributed by atoms with van der Waals surface area (Å²) in [7, 11) is 1.58. The van der Waals surface area contributed by atoms with Crippen LogP contribution in [0.2, 0.25) is 0 Å². The number of nitrogens with zero attached hydrogens (tertiary/aromatic N) is 1. The minimum atomic E-state index is -0.593. The van der Waals surface area contributed by atoms with Crippen LogP contribution in [0.4, 0.5) is 0 Å². The van der Waals surface area contributed by atoms with Crippen LogP contribution in [0.3, 0.4) is 0 Å². The number of aromatic hydroxyl groups is 1. The summed E-state index contributed by atoms with van der Waals surface area (Å²) in [6.45, 7) is 4.14. The Bertz CT molecular complexity index is 1130. The van der Waals surface area contributed by atoms with Gasteiger partial charge in [0.2, 0.25) is 0 Å². The standard InChI is InChI=1S/C18H12N2O3S2/c1-3-10-7-14(25-13(10)5-4-6-23-2)12-9-24-18-15(12)16(21)11(8-19)17(22)20-18/h3,7,9H,1,6H2,2H3,(H2,20,21,22). The molecule has 3 heterocycles. The van der Waals surface area contributed by atoms with Crippen LogP contribution >= 0.6 is 22.7 Å². The van der Waals surface area contributed by atoms with Crippen molar-refractivity contribution in [2.24, 2.45) is 0 Å². The fourth-order valence-corrected chi connectivity index (χ4v) is 4.44. The second-order valence-electron chi connectivity index (χ2n) is 4.98. The highest BCUT2D eigenvalue weighted by Gasteiger charge is 2.19. The van der Waals surface area contributed by atoms with Gasteiger partial charge < -0.3 is 14.8 Å². The second-order valence-corrected chi connectivity index (χ2v) is 6.91. The molecule has 0 saturated carbocycles. The molecule has 3 aromatic heterocycles. The van der Waals surface area contributed by atoms with Gasteiger partial charge in [-0.25, -0.2) is 0 Å². The normalized spacial score (nSPS) is 10.2. The summed E-state index contributed by atoms with van der Waals surface area (Å²) in [5.74, 6) is 5.66. The molecule has 0 aliphatic heterocycles. The van der Waals surface area contributed by atoms with Crippen molar-refractivity contribution in [2.75, 3.05) is 13.7 Å². The Balaban J connectivity index is 2.21. The van der Waals surface area contributed by atoms with Gasteiger partial charge in [-0.2, -0.15) is 5.26 Å². The number of nitrogens with one attached hydrogen (secondary N) is 1. The average molecular weight is 368 g/mol. The Hall–Kier alpha value is -2.84. The van der Waals surface area contributed by atoms with Crippen LogP contribution in [0.1, 0.15) is 16.0 Å². The van der Waals surface area contributed by atoms with Crippen molar-refractivity contribution >= 4 is 39.0 Å². The van der Waals surface area contributed by atoms with Crippen molar-refractivity contribution in [1.82, 2.24) is 4.98 Å². The third-order valence-corrected chi connectivity index (χ3v) is 5.49. The number of thiophene rings is 2. The Labute approximate surface area is 151 Å². The second kappa shape index (κ2) is 6.96. The molecule has 0 atom stereocenters. The number of rotatable bonds is 3. The van der Waals surface area contributed by atoms with Crippen molar-refractivity contribution < 1.29 is 9.84 Å². The molecule has 2 N–H and O–H groups in total. The lowest BCUT2D eigenvalue weighted by atomic mass is 10.1. The van der Waals surface area contributed by atoms with Crippen molar-refractivity contribution in [3.05, 3.63) is 44.4 Å². The van der Waals surface area contributed by atoms with E-state index in [2.05, 4.69) is 23.4 Å². The van der Waals surface area contributed by atoms with E-state index in [0.29, 0.717) is 16.8 Å². The zero-order valence-corrected chi connectivity index (χ0v) is 14.8. The van der Waals surface area contributed by atoms with E-state index in [1.54, 1.807) is 19.3 Å². The van der Waals surface area contributed by atoms with Gasteiger partial charge in [0.15, 0.2) is 5.56 Å². The smallest absolute Gasteiger partial charge is 0.270 e. The maximum absolute atomic E-state index is 11.8. The van der Waals surface area contributed by atoms with Gasteiger partial charge in [-0.1, -0.05) is 24.5 Å². The average Bonchev–Trinajstić information content (AvgIpc) is 3.19. The number of nitriles is 1. The molecule has 0 aromatic carbocycles. The van der Waals surface area contributed by atoms with E-state index in [0.717, 1.165) is 20.9 Å². The third kappa shape index (κ3) is 2.97. The lowest BCUT2D eigenvalue weighted by molar-refractivity contribution is 0.240. The van der Waals surface area contributed by atoms with Crippen LogP contribution in [0, 0.1) is 23.2 Å². The van der Waals surface area contributed by atoms with Gasteiger partial charge in [-0.15, -0.1) is 22.7 Å². The number of methoxy groups -OCH3 is 1. The topological polar surface area (TPSA) is 86.1 Å².